The summed E-state index contributed by atoms with van der Waals surface area (Å²) in [6, 6.07) is 0. The fraction of sp³-hybridized carbons (Fsp3) is 0.700. The van der Waals surface area contributed by atoms with Crippen molar-refractivity contribution in [3.05, 3.63) is 34.9 Å². The van der Waals surface area contributed by atoms with Crippen molar-refractivity contribution in [2.24, 2.45) is 5.92 Å². The lowest BCUT2D eigenvalue weighted by molar-refractivity contribution is 0.259. The van der Waals surface area contributed by atoms with Gasteiger partial charge in [-0.05, 0) is 78.6 Å². The average molecular weight is 293 g/mol. The van der Waals surface area contributed by atoms with Crippen LogP contribution in [0.3, 0.4) is 0 Å². The van der Waals surface area contributed by atoms with Gasteiger partial charge in [0.2, 0.25) is 0 Å². The summed E-state index contributed by atoms with van der Waals surface area (Å²) >= 11 is 0. The second kappa shape index (κ2) is 12.9. The molecule has 0 fully saturated rings. The van der Waals surface area contributed by atoms with Crippen LogP contribution in [0, 0.1) is 5.92 Å². The highest BCUT2D eigenvalue weighted by molar-refractivity contribution is 5.05. The van der Waals surface area contributed by atoms with E-state index in [1.165, 1.54) is 42.4 Å². The fourth-order valence-corrected chi connectivity index (χ4v) is 2.32. The number of hydrogen-bond acceptors (Lipinski definition) is 1. The second-order valence-electron chi connectivity index (χ2n) is 6.65. The molecule has 0 rings (SSSR count). The van der Waals surface area contributed by atoms with Crippen LogP contribution in [0.25, 0.3) is 0 Å². The summed E-state index contributed by atoms with van der Waals surface area (Å²) in [6.07, 6.45) is 15.0. The van der Waals surface area contributed by atoms with Crippen LogP contribution in [-0.2, 0) is 0 Å². The van der Waals surface area contributed by atoms with E-state index in [1.807, 2.05) is 0 Å². The number of hydrogen-bond donors (Lipinski definition) is 1. The zero-order valence-corrected chi connectivity index (χ0v) is 14.9. The first-order valence-corrected chi connectivity index (χ1v) is 8.51. The third kappa shape index (κ3) is 13.9. The smallest absolute Gasteiger partial charge is 0.0433 e. The molecule has 0 aromatic rings. The monoisotopic (exact) mass is 292 g/mol. The Balaban J connectivity index is 3.85. The van der Waals surface area contributed by atoms with Gasteiger partial charge in [-0.25, -0.2) is 0 Å². The second-order valence-corrected chi connectivity index (χ2v) is 6.65. The summed E-state index contributed by atoms with van der Waals surface area (Å²) in [7, 11) is 0. The Morgan fingerprint density at radius 2 is 1.33 bits per heavy atom. The number of aliphatic hydroxyl groups is 1. The van der Waals surface area contributed by atoms with Crippen molar-refractivity contribution in [1.82, 2.24) is 0 Å². The summed E-state index contributed by atoms with van der Waals surface area (Å²) in [5.74, 6) is 0.635. The van der Waals surface area contributed by atoms with E-state index in [0.29, 0.717) is 12.5 Å². The molecular weight excluding hydrogens is 256 g/mol. The van der Waals surface area contributed by atoms with Gasteiger partial charge in [-0.3, -0.25) is 0 Å². The van der Waals surface area contributed by atoms with Crippen molar-refractivity contribution in [3.8, 4) is 0 Å². The first kappa shape index (κ1) is 20.2. The van der Waals surface area contributed by atoms with Crippen LogP contribution >= 0.6 is 0 Å². The molecule has 0 saturated carbocycles. The Kier molecular flexibility index (Phi) is 12.4. The topological polar surface area (TPSA) is 20.2 Å². The zero-order valence-electron chi connectivity index (χ0n) is 14.9. The summed E-state index contributed by atoms with van der Waals surface area (Å²) < 4.78 is 0. The van der Waals surface area contributed by atoms with E-state index >= 15 is 0 Å². The van der Waals surface area contributed by atoms with Gasteiger partial charge in [0.25, 0.3) is 0 Å². The van der Waals surface area contributed by atoms with Crippen molar-refractivity contribution in [2.45, 2.75) is 79.6 Å². The van der Waals surface area contributed by atoms with Crippen LogP contribution in [0.2, 0.25) is 0 Å². The van der Waals surface area contributed by atoms with Gasteiger partial charge in [-0.15, -0.1) is 0 Å². The average Bonchev–Trinajstić information content (AvgIpc) is 2.38. The summed E-state index contributed by atoms with van der Waals surface area (Å²) in [6.45, 7) is 11.3. The van der Waals surface area contributed by atoms with E-state index in [1.54, 1.807) is 0 Å². The molecule has 0 amide bonds. The minimum absolute atomic E-state index is 0.320. The quantitative estimate of drug-likeness (QED) is 0.449. The SMILES string of the molecule is CC(C)=CCC/C(C)=C/CCC(C)=CCCC(C)CCO. The predicted octanol–water partition coefficient (Wildman–Crippen LogP) is 6.20. The van der Waals surface area contributed by atoms with Gasteiger partial charge in [-0.1, -0.05) is 41.9 Å². The first-order valence-electron chi connectivity index (χ1n) is 8.51. The van der Waals surface area contributed by atoms with Crippen molar-refractivity contribution in [2.75, 3.05) is 6.61 Å². The normalized spacial score (nSPS) is 14.2. The Labute approximate surface area is 132 Å². The maximum atomic E-state index is 8.88. The maximum Gasteiger partial charge on any atom is 0.0433 e. The van der Waals surface area contributed by atoms with E-state index < -0.39 is 0 Å². The van der Waals surface area contributed by atoms with Crippen molar-refractivity contribution in [3.63, 3.8) is 0 Å². The molecule has 1 nitrogen and oxygen atoms in total. The van der Waals surface area contributed by atoms with Crippen LogP contribution in [0.4, 0.5) is 0 Å². The molecule has 1 atom stereocenters. The lowest BCUT2D eigenvalue weighted by Crippen LogP contribution is -1.97. The minimum atomic E-state index is 0.320. The van der Waals surface area contributed by atoms with Crippen molar-refractivity contribution < 1.29 is 5.11 Å². The standard InChI is InChI=1S/C20H36O/c1-17(2)9-6-10-18(3)11-7-12-19(4)13-8-14-20(5)15-16-21/h9,11,13,20-21H,6-8,10,12,14-16H2,1-5H3/b18-11+,19-13?. The summed E-state index contributed by atoms with van der Waals surface area (Å²) in [5.41, 5.74) is 4.42. The van der Waals surface area contributed by atoms with Gasteiger partial charge in [0.1, 0.15) is 0 Å². The fourth-order valence-electron chi connectivity index (χ4n) is 2.32. The van der Waals surface area contributed by atoms with Gasteiger partial charge < -0.3 is 5.11 Å². The first-order chi connectivity index (χ1) is 9.95. The largest absolute Gasteiger partial charge is 0.396 e. The number of rotatable bonds is 11. The van der Waals surface area contributed by atoms with Crippen LogP contribution in [0.1, 0.15) is 79.6 Å². The molecule has 0 aromatic heterocycles. The molecule has 1 heteroatoms. The molecule has 21 heavy (non-hydrogen) atoms. The molecule has 1 N–H and O–H groups in total. The van der Waals surface area contributed by atoms with Crippen LogP contribution < -0.4 is 0 Å². The Morgan fingerprint density at radius 3 is 1.86 bits per heavy atom. The minimum Gasteiger partial charge on any atom is -0.396 e. The molecule has 0 bridgehead atoms. The van der Waals surface area contributed by atoms with Gasteiger partial charge in [0.05, 0.1) is 0 Å². The molecule has 0 spiro atoms. The molecule has 1 unspecified atom stereocenters. The molecule has 0 saturated heterocycles. The Bertz CT molecular complexity index is 343. The lowest BCUT2D eigenvalue weighted by atomic mass is 10.0. The van der Waals surface area contributed by atoms with E-state index in [-0.39, 0.29) is 0 Å². The predicted molar refractivity (Wildman–Crippen MR) is 95.5 cm³/mol. The molecule has 0 aliphatic carbocycles. The summed E-state index contributed by atoms with van der Waals surface area (Å²) in [4.78, 5) is 0. The van der Waals surface area contributed by atoms with Crippen molar-refractivity contribution in [1.29, 1.82) is 0 Å². The number of allylic oxidation sites excluding steroid dienone is 6. The van der Waals surface area contributed by atoms with Gasteiger partial charge in [0, 0.05) is 6.61 Å². The van der Waals surface area contributed by atoms with Crippen LogP contribution in [0.5, 0.6) is 0 Å². The van der Waals surface area contributed by atoms with Gasteiger partial charge >= 0.3 is 0 Å². The van der Waals surface area contributed by atoms with E-state index in [9.17, 15) is 0 Å². The zero-order chi connectivity index (χ0) is 16.1. The van der Waals surface area contributed by atoms with Crippen LogP contribution in [-0.4, -0.2) is 11.7 Å². The van der Waals surface area contributed by atoms with E-state index in [0.717, 1.165) is 19.3 Å². The molecule has 0 aromatic carbocycles. The highest BCUT2D eigenvalue weighted by Gasteiger charge is 1.99. The van der Waals surface area contributed by atoms with E-state index in [2.05, 4.69) is 52.8 Å². The Hall–Kier alpha value is -0.820. The molecule has 0 radical (unpaired) electrons. The van der Waals surface area contributed by atoms with E-state index in [4.69, 9.17) is 5.11 Å². The Morgan fingerprint density at radius 1 is 0.810 bits per heavy atom. The highest BCUT2D eigenvalue weighted by atomic mass is 16.3. The van der Waals surface area contributed by atoms with Crippen molar-refractivity contribution >= 4 is 0 Å². The molecule has 0 heterocycles. The molecule has 0 aliphatic heterocycles. The third-order valence-electron chi connectivity index (χ3n) is 3.90. The molecule has 122 valence electrons. The molecule has 0 aliphatic rings. The highest BCUT2D eigenvalue weighted by Crippen LogP contribution is 2.14. The van der Waals surface area contributed by atoms with Gasteiger partial charge in [0.15, 0.2) is 0 Å². The number of aliphatic hydroxyl groups excluding tert-OH is 1. The maximum absolute atomic E-state index is 8.88. The third-order valence-corrected chi connectivity index (χ3v) is 3.90. The molecular formula is C20H36O. The lowest BCUT2D eigenvalue weighted by Gasteiger charge is -2.07. The summed E-state index contributed by atoms with van der Waals surface area (Å²) in [5, 5.41) is 8.88. The van der Waals surface area contributed by atoms with Gasteiger partial charge in [-0.2, -0.15) is 0 Å². The van der Waals surface area contributed by atoms with Crippen LogP contribution in [0.15, 0.2) is 34.9 Å².